The van der Waals surface area contributed by atoms with E-state index in [1.807, 2.05) is 20.8 Å². The molecule has 2 atom stereocenters. The van der Waals surface area contributed by atoms with Gasteiger partial charge >= 0.3 is 0 Å². The summed E-state index contributed by atoms with van der Waals surface area (Å²) in [6.07, 6.45) is 0.308. The molecule has 0 aliphatic carbocycles. The second-order valence-corrected chi connectivity index (χ2v) is 5.13. The van der Waals surface area contributed by atoms with Gasteiger partial charge < -0.3 is 15.9 Å². The van der Waals surface area contributed by atoms with E-state index in [1.54, 1.807) is 18.3 Å². The fourth-order valence-electron chi connectivity index (χ4n) is 1.54. The third-order valence-corrected chi connectivity index (χ3v) is 2.61. The number of pyridine rings is 1. The molecule has 2 unspecified atom stereocenters. The van der Waals surface area contributed by atoms with Crippen molar-refractivity contribution < 1.29 is 10.2 Å². The summed E-state index contributed by atoms with van der Waals surface area (Å²) in [5, 5.41) is 19.8. The number of aliphatic hydroxyl groups is 2. The average Bonchev–Trinajstić information content (AvgIpc) is 2.19. The summed E-state index contributed by atoms with van der Waals surface area (Å²) in [4.78, 5) is 3.94. The maximum atomic E-state index is 9.90. The minimum Gasteiger partial charge on any atom is -0.390 e. The Bertz CT molecular complexity index is 347. The molecule has 0 fully saturated rings. The second-order valence-electron chi connectivity index (χ2n) is 5.13. The van der Waals surface area contributed by atoms with Crippen molar-refractivity contribution in [1.82, 2.24) is 4.98 Å². The molecule has 0 bridgehead atoms. The van der Waals surface area contributed by atoms with Crippen LogP contribution in [0.2, 0.25) is 0 Å². The van der Waals surface area contributed by atoms with E-state index < -0.39 is 12.2 Å². The molecule has 1 aromatic heterocycles. The van der Waals surface area contributed by atoms with Gasteiger partial charge in [0.05, 0.1) is 12.2 Å². The molecule has 0 aliphatic heterocycles. The lowest BCUT2D eigenvalue weighted by atomic mass is 9.84. The highest BCUT2D eigenvalue weighted by molar-refractivity contribution is 5.38. The van der Waals surface area contributed by atoms with Gasteiger partial charge in [-0.05, 0) is 17.0 Å². The number of hydrogen-bond acceptors (Lipinski definition) is 4. The van der Waals surface area contributed by atoms with Gasteiger partial charge in [-0.25, -0.2) is 4.98 Å². The van der Waals surface area contributed by atoms with Crippen molar-refractivity contribution in [2.45, 2.75) is 39.4 Å². The van der Waals surface area contributed by atoms with E-state index in [-0.39, 0.29) is 5.41 Å². The van der Waals surface area contributed by atoms with Crippen LogP contribution in [0, 0.1) is 5.41 Å². The lowest BCUT2D eigenvalue weighted by molar-refractivity contribution is -0.0433. The van der Waals surface area contributed by atoms with Crippen molar-refractivity contribution in [2.24, 2.45) is 5.41 Å². The lowest BCUT2D eigenvalue weighted by Crippen LogP contribution is -2.39. The molecule has 4 nitrogen and oxygen atoms in total. The summed E-state index contributed by atoms with van der Waals surface area (Å²) in [5.41, 5.74) is 6.09. The molecule has 16 heavy (non-hydrogen) atoms. The number of aliphatic hydroxyl groups excluding tert-OH is 2. The van der Waals surface area contributed by atoms with Crippen molar-refractivity contribution >= 4 is 5.82 Å². The van der Waals surface area contributed by atoms with Crippen LogP contribution in [0.3, 0.4) is 0 Å². The van der Waals surface area contributed by atoms with Crippen molar-refractivity contribution in [3.05, 3.63) is 23.9 Å². The Balaban J connectivity index is 2.72. The molecular weight excluding hydrogens is 204 g/mol. The SMILES string of the molecule is CC(C)(C)C(O)C(O)Cc1cccnc1N. The summed E-state index contributed by atoms with van der Waals surface area (Å²) in [6, 6.07) is 3.57. The van der Waals surface area contributed by atoms with Crippen molar-refractivity contribution in [1.29, 1.82) is 0 Å². The number of aromatic nitrogens is 1. The standard InChI is InChI=1S/C12H20N2O2/c1-12(2,3)10(16)9(15)7-8-5-4-6-14-11(8)13/h4-6,9-10,15-16H,7H2,1-3H3,(H2,13,14). The van der Waals surface area contributed by atoms with Crippen LogP contribution in [0.5, 0.6) is 0 Å². The minimum absolute atomic E-state index is 0.318. The van der Waals surface area contributed by atoms with E-state index in [1.165, 1.54) is 0 Å². The molecule has 90 valence electrons. The number of hydrogen-bond donors (Lipinski definition) is 3. The Kier molecular flexibility index (Phi) is 3.88. The molecule has 4 heteroatoms. The molecular formula is C12H20N2O2. The van der Waals surface area contributed by atoms with Crippen LogP contribution in [0.15, 0.2) is 18.3 Å². The quantitative estimate of drug-likeness (QED) is 0.715. The molecule has 0 aliphatic rings. The van der Waals surface area contributed by atoms with E-state index in [0.29, 0.717) is 12.2 Å². The molecule has 0 saturated carbocycles. The van der Waals surface area contributed by atoms with E-state index >= 15 is 0 Å². The minimum atomic E-state index is -0.827. The zero-order chi connectivity index (χ0) is 12.3. The predicted octanol–water partition coefficient (Wildman–Crippen LogP) is 0.974. The predicted molar refractivity (Wildman–Crippen MR) is 63.8 cm³/mol. The first kappa shape index (κ1) is 12.9. The fraction of sp³-hybridized carbons (Fsp3) is 0.583. The highest BCUT2D eigenvalue weighted by Crippen LogP contribution is 2.24. The third kappa shape index (κ3) is 3.18. The Morgan fingerprint density at radius 3 is 2.50 bits per heavy atom. The van der Waals surface area contributed by atoms with Crippen molar-refractivity contribution in [2.75, 3.05) is 5.73 Å². The lowest BCUT2D eigenvalue weighted by Gasteiger charge is -2.30. The van der Waals surface area contributed by atoms with Gasteiger partial charge in [0.25, 0.3) is 0 Å². The number of rotatable bonds is 3. The van der Waals surface area contributed by atoms with E-state index in [4.69, 9.17) is 5.73 Å². The van der Waals surface area contributed by atoms with Gasteiger partial charge in [-0.1, -0.05) is 26.8 Å². The summed E-state index contributed by atoms with van der Waals surface area (Å²) >= 11 is 0. The van der Waals surface area contributed by atoms with Crippen LogP contribution in [0.4, 0.5) is 5.82 Å². The summed E-state index contributed by atoms with van der Waals surface area (Å²) in [7, 11) is 0. The van der Waals surface area contributed by atoms with Crippen LogP contribution >= 0.6 is 0 Å². The highest BCUT2D eigenvalue weighted by atomic mass is 16.3. The number of nitrogens with zero attached hydrogens (tertiary/aromatic N) is 1. The smallest absolute Gasteiger partial charge is 0.126 e. The third-order valence-electron chi connectivity index (χ3n) is 2.61. The summed E-state index contributed by atoms with van der Waals surface area (Å²) in [5.74, 6) is 0.405. The van der Waals surface area contributed by atoms with Crippen LogP contribution in [-0.2, 0) is 6.42 Å². The van der Waals surface area contributed by atoms with Crippen LogP contribution in [0.25, 0.3) is 0 Å². The van der Waals surface area contributed by atoms with Gasteiger partial charge in [0.2, 0.25) is 0 Å². The Hall–Kier alpha value is -1.13. The Labute approximate surface area is 96.1 Å². The second kappa shape index (κ2) is 4.80. The molecule has 1 rings (SSSR count). The Morgan fingerprint density at radius 2 is 2.00 bits per heavy atom. The van der Waals surface area contributed by atoms with Gasteiger partial charge in [-0.3, -0.25) is 0 Å². The molecule has 0 radical (unpaired) electrons. The fourth-order valence-corrected chi connectivity index (χ4v) is 1.54. The highest BCUT2D eigenvalue weighted by Gasteiger charge is 2.29. The van der Waals surface area contributed by atoms with Gasteiger partial charge in [-0.15, -0.1) is 0 Å². The van der Waals surface area contributed by atoms with Gasteiger partial charge in [0, 0.05) is 12.6 Å². The zero-order valence-electron chi connectivity index (χ0n) is 10.0. The van der Waals surface area contributed by atoms with Crippen LogP contribution in [-0.4, -0.2) is 27.4 Å². The first-order valence-electron chi connectivity index (χ1n) is 5.38. The van der Waals surface area contributed by atoms with Crippen molar-refractivity contribution in [3.63, 3.8) is 0 Å². The monoisotopic (exact) mass is 224 g/mol. The first-order chi connectivity index (χ1) is 7.32. The molecule has 0 spiro atoms. The maximum Gasteiger partial charge on any atom is 0.126 e. The van der Waals surface area contributed by atoms with Crippen LogP contribution in [0.1, 0.15) is 26.3 Å². The van der Waals surface area contributed by atoms with Gasteiger partial charge in [0.15, 0.2) is 0 Å². The number of nitrogens with two attached hydrogens (primary N) is 1. The molecule has 0 saturated heterocycles. The molecule has 4 N–H and O–H groups in total. The van der Waals surface area contributed by atoms with E-state index in [9.17, 15) is 10.2 Å². The molecule has 0 aromatic carbocycles. The zero-order valence-corrected chi connectivity index (χ0v) is 10.0. The topological polar surface area (TPSA) is 79.4 Å². The molecule has 0 amide bonds. The van der Waals surface area contributed by atoms with Crippen molar-refractivity contribution in [3.8, 4) is 0 Å². The average molecular weight is 224 g/mol. The normalized spacial score (nSPS) is 15.8. The molecule has 1 aromatic rings. The molecule has 1 heterocycles. The number of nitrogen functional groups attached to an aromatic ring is 1. The van der Waals surface area contributed by atoms with E-state index in [0.717, 1.165) is 5.56 Å². The maximum absolute atomic E-state index is 9.90. The van der Waals surface area contributed by atoms with Gasteiger partial charge in [-0.2, -0.15) is 0 Å². The summed E-state index contributed by atoms with van der Waals surface area (Å²) in [6.45, 7) is 5.65. The Morgan fingerprint density at radius 1 is 1.38 bits per heavy atom. The van der Waals surface area contributed by atoms with E-state index in [2.05, 4.69) is 4.98 Å². The first-order valence-corrected chi connectivity index (χ1v) is 5.38. The largest absolute Gasteiger partial charge is 0.390 e. The van der Waals surface area contributed by atoms with Gasteiger partial charge in [0.1, 0.15) is 5.82 Å². The summed E-state index contributed by atoms with van der Waals surface area (Å²) < 4.78 is 0. The number of anilines is 1. The van der Waals surface area contributed by atoms with Crippen LogP contribution < -0.4 is 5.73 Å².